The van der Waals surface area contributed by atoms with Crippen molar-refractivity contribution in [2.45, 2.75) is 56.5 Å². The molecule has 1 aliphatic heterocycles. The van der Waals surface area contributed by atoms with E-state index in [0.29, 0.717) is 32.2 Å². The number of hydrogen-bond acceptors (Lipinski definition) is 4. The Morgan fingerprint density at radius 1 is 0.912 bits per heavy atom. The number of nitrogens with one attached hydrogen (secondary N) is 1. The van der Waals surface area contributed by atoms with Gasteiger partial charge in [0.2, 0.25) is 5.91 Å². The number of carbonyl (C=O) groups excluding carboxylic acids is 2. The smallest absolute Gasteiger partial charge is 0.407 e. The molecule has 2 aromatic carbocycles. The normalized spacial score (nSPS) is 23.8. The van der Waals surface area contributed by atoms with E-state index in [0.717, 1.165) is 24.0 Å². The number of nitrogens with zero attached hydrogens (tertiary/aromatic N) is 1. The fourth-order valence-corrected chi connectivity index (χ4v) is 5.89. The summed E-state index contributed by atoms with van der Waals surface area (Å²) in [5.74, 6) is -1.55. The molecule has 1 saturated heterocycles. The maximum atomic E-state index is 13.2. The molecule has 2 aliphatic carbocycles. The zero-order valence-electron chi connectivity index (χ0n) is 19.1. The monoisotopic (exact) mass is 462 g/mol. The second-order valence-electron chi connectivity index (χ2n) is 9.50. The van der Waals surface area contributed by atoms with Gasteiger partial charge in [0.15, 0.2) is 0 Å². The number of carboxylic acid groups (broad SMARTS) is 1. The SMILES string of the molecule is O=C(N[C@H]1CCCC[C@H]1C(=O)N1CCC[C@H]1C(=O)O)OCC1c2ccccc2-c2ccccc21. The number of ether oxygens (including phenoxy) is 1. The molecule has 7 heteroatoms. The van der Waals surface area contributed by atoms with Crippen LogP contribution in [-0.4, -0.2) is 53.2 Å². The van der Waals surface area contributed by atoms with E-state index in [1.165, 1.54) is 16.0 Å². The maximum absolute atomic E-state index is 13.2. The van der Waals surface area contributed by atoms with Crippen LogP contribution in [0, 0.1) is 5.92 Å². The second-order valence-corrected chi connectivity index (χ2v) is 9.50. The summed E-state index contributed by atoms with van der Waals surface area (Å²) in [6, 6.07) is 15.3. The first-order chi connectivity index (χ1) is 16.5. The Bertz CT molecular complexity index is 1050. The number of hydrogen-bond donors (Lipinski definition) is 2. The van der Waals surface area contributed by atoms with Gasteiger partial charge >= 0.3 is 12.1 Å². The molecular formula is C27H30N2O5. The van der Waals surface area contributed by atoms with Crippen molar-refractivity contribution in [2.75, 3.05) is 13.2 Å². The number of alkyl carbamates (subject to hydrolysis) is 1. The van der Waals surface area contributed by atoms with Gasteiger partial charge in [-0.05, 0) is 47.9 Å². The van der Waals surface area contributed by atoms with Crippen LogP contribution >= 0.6 is 0 Å². The van der Waals surface area contributed by atoms with Crippen LogP contribution in [0.4, 0.5) is 4.79 Å². The maximum Gasteiger partial charge on any atom is 0.407 e. The molecule has 2 aromatic rings. The lowest BCUT2D eigenvalue weighted by Gasteiger charge is -2.34. The van der Waals surface area contributed by atoms with Gasteiger partial charge < -0.3 is 20.1 Å². The molecule has 2 N–H and O–H groups in total. The van der Waals surface area contributed by atoms with Gasteiger partial charge in [-0.2, -0.15) is 0 Å². The molecule has 5 rings (SSSR count). The van der Waals surface area contributed by atoms with E-state index in [1.807, 2.05) is 24.3 Å². The van der Waals surface area contributed by atoms with Crippen LogP contribution in [0.2, 0.25) is 0 Å². The van der Waals surface area contributed by atoms with E-state index in [4.69, 9.17) is 4.74 Å². The molecule has 34 heavy (non-hydrogen) atoms. The minimum Gasteiger partial charge on any atom is -0.480 e. The lowest BCUT2D eigenvalue weighted by molar-refractivity contribution is -0.150. The lowest BCUT2D eigenvalue weighted by atomic mass is 9.83. The molecule has 1 heterocycles. The Morgan fingerprint density at radius 2 is 1.56 bits per heavy atom. The van der Waals surface area contributed by atoms with Gasteiger partial charge in [-0.1, -0.05) is 61.4 Å². The van der Waals surface area contributed by atoms with Crippen molar-refractivity contribution in [1.82, 2.24) is 10.2 Å². The van der Waals surface area contributed by atoms with Crippen molar-refractivity contribution >= 4 is 18.0 Å². The highest BCUT2D eigenvalue weighted by molar-refractivity contribution is 5.86. The van der Waals surface area contributed by atoms with E-state index < -0.39 is 24.0 Å². The molecule has 0 spiro atoms. The van der Waals surface area contributed by atoms with Gasteiger partial charge in [-0.25, -0.2) is 9.59 Å². The fourth-order valence-electron chi connectivity index (χ4n) is 5.89. The zero-order chi connectivity index (χ0) is 23.7. The van der Waals surface area contributed by atoms with Crippen LogP contribution in [0.15, 0.2) is 48.5 Å². The highest BCUT2D eigenvalue weighted by atomic mass is 16.5. The topological polar surface area (TPSA) is 95.9 Å². The third-order valence-electron chi connectivity index (χ3n) is 7.55. The highest BCUT2D eigenvalue weighted by Gasteiger charge is 2.41. The molecule has 178 valence electrons. The second kappa shape index (κ2) is 9.49. The number of aliphatic carboxylic acids is 1. The Hall–Kier alpha value is -3.35. The molecule has 1 saturated carbocycles. The Balaban J connectivity index is 1.24. The number of likely N-dealkylation sites (tertiary alicyclic amines) is 1. The summed E-state index contributed by atoms with van der Waals surface area (Å²) in [6.45, 7) is 0.683. The largest absolute Gasteiger partial charge is 0.480 e. The van der Waals surface area contributed by atoms with Crippen molar-refractivity contribution in [1.29, 1.82) is 0 Å². The Labute approximate surface area is 199 Å². The average Bonchev–Trinajstić information content (AvgIpc) is 3.46. The molecule has 2 amide bonds. The van der Waals surface area contributed by atoms with Crippen molar-refractivity contribution < 1.29 is 24.2 Å². The summed E-state index contributed by atoms with van der Waals surface area (Å²) >= 11 is 0. The van der Waals surface area contributed by atoms with Crippen LogP contribution in [0.3, 0.4) is 0 Å². The van der Waals surface area contributed by atoms with Gasteiger partial charge in [0.1, 0.15) is 12.6 Å². The van der Waals surface area contributed by atoms with Gasteiger partial charge in [0.25, 0.3) is 0 Å². The van der Waals surface area contributed by atoms with Crippen LogP contribution in [0.25, 0.3) is 11.1 Å². The fraction of sp³-hybridized carbons (Fsp3) is 0.444. The van der Waals surface area contributed by atoms with Crippen LogP contribution in [0.1, 0.15) is 55.6 Å². The first-order valence-electron chi connectivity index (χ1n) is 12.2. The lowest BCUT2D eigenvalue weighted by Crippen LogP contribution is -2.51. The van der Waals surface area contributed by atoms with Gasteiger partial charge in [0.05, 0.1) is 5.92 Å². The third-order valence-corrected chi connectivity index (χ3v) is 7.55. The predicted molar refractivity (Wildman–Crippen MR) is 126 cm³/mol. The van der Waals surface area contributed by atoms with E-state index in [2.05, 4.69) is 29.6 Å². The number of carbonyl (C=O) groups is 3. The summed E-state index contributed by atoms with van der Waals surface area (Å²) in [4.78, 5) is 39.1. The number of rotatable bonds is 5. The van der Waals surface area contributed by atoms with Crippen LogP contribution in [-0.2, 0) is 14.3 Å². The summed E-state index contributed by atoms with van der Waals surface area (Å²) in [5.41, 5.74) is 4.64. The minimum absolute atomic E-state index is 0.0251. The Kier molecular flexibility index (Phi) is 6.26. The van der Waals surface area contributed by atoms with E-state index in [9.17, 15) is 19.5 Å². The number of fused-ring (bicyclic) bond motifs is 3. The van der Waals surface area contributed by atoms with Crippen molar-refractivity contribution in [3.8, 4) is 11.1 Å². The summed E-state index contributed by atoms with van der Waals surface area (Å²) < 4.78 is 5.69. The number of benzene rings is 2. The van der Waals surface area contributed by atoms with Gasteiger partial charge in [0, 0.05) is 18.5 Å². The highest BCUT2D eigenvalue weighted by Crippen LogP contribution is 2.44. The molecule has 0 aromatic heterocycles. The van der Waals surface area contributed by atoms with E-state index in [1.54, 1.807) is 0 Å². The molecule has 0 radical (unpaired) electrons. The first-order valence-corrected chi connectivity index (χ1v) is 12.2. The van der Waals surface area contributed by atoms with Gasteiger partial charge in [-0.3, -0.25) is 4.79 Å². The molecule has 7 nitrogen and oxygen atoms in total. The molecule has 3 aliphatic rings. The molecule has 0 bridgehead atoms. The minimum atomic E-state index is -0.956. The van der Waals surface area contributed by atoms with Crippen molar-refractivity contribution in [2.24, 2.45) is 5.92 Å². The quantitative estimate of drug-likeness (QED) is 0.696. The Morgan fingerprint density at radius 3 is 2.24 bits per heavy atom. The third kappa shape index (κ3) is 4.15. The van der Waals surface area contributed by atoms with E-state index in [-0.39, 0.29) is 24.5 Å². The van der Waals surface area contributed by atoms with Crippen LogP contribution < -0.4 is 5.32 Å². The molecule has 0 unspecified atom stereocenters. The molecule has 2 fully saturated rings. The van der Waals surface area contributed by atoms with E-state index >= 15 is 0 Å². The standard InChI is InChI=1S/C27H30N2O5/c30-25(29-15-7-14-24(29)26(31)32)21-12-5-6-13-23(21)28-27(33)34-16-22-19-10-3-1-8-17(19)18-9-2-4-11-20(18)22/h1-4,8-11,21-24H,5-7,12-16H2,(H,28,33)(H,31,32)/t21-,23+,24+/m1/s1. The predicted octanol–water partition coefficient (Wildman–Crippen LogP) is 4.16. The average molecular weight is 463 g/mol. The van der Waals surface area contributed by atoms with Crippen molar-refractivity contribution in [3.05, 3.63) is 59.7 Å². The summed E-state index contributed by atoms with van der Waals surface area (Å²) in [7, 11) is 0. The zero-order valence-corrected chi connectivity index (χ0v) is 19.1. The van der Waals surface area contributed by atoms with Crippen LogP contribution in [0.5, 0.6) is 0 Å². The summed E-state index contributed by atoms with van der Waals surface area (Å²) in [6.07, 6.45) is 3.80. The van der Waals surface area contributed by atoms with Crippen molar-refractivity contribution in [3.63, 3.8) is 0 Å². The van der Waals surface area contributed by atoms with Gasteiger partial charge in [-0.15, -0.1) is 0 Å². The number of carboxylic acids is 1. The molecular weight excluding hydrogens is 432 g/mol. The first kappa shape index (κ1) is 22.4. The number of amides is 2. The molecule has 3 atom stereocenters. The summed E-state index contributed by atoms with van der Waals surface area (Å²) in [5, 5.41) is 12.4.